The van der Waals surface area contributed by atoms with Gasteiger partial charge < -0.3 is 18.9 Å². The van der Waals surface area contributed by atoms with Crippen LogP contribution in [-0.4, -0.2) is 82.2 Å². The number of methoxy groups -OCH3 is 2. The second-order valence-corrected chi connectivity index (χ2v) is 18.9. The number of rotatable bonds is 14. The van der Waals surface area contributed by atoms with Crippen LogP contribution in [0.1, 0.15) is 75.7 Å². The van der Waals surface area contributed by atoms with Crippen LogP contribution >= 0.6 is 0 Å². The maximum Gasteiger partial charge on any atom is 0.229 e. The fraction of sp³-hybridized carbons (Fsp3) is 0.393. The molecule has 4 bridgehead atoms. The lowest BCUT2D eigenvalue weighted by Crippen LogP contribution is -2.56. The van der Waals surface area contributed by atoms with Crippen LogP contribution in [0.15, 0.2) is 122 Å². The van der Waals surface area contributed by atoms with Crippen molar-refractivity contribution in [2.24, 2.45) is 23.7 Å². The quantitative estimate of drug-likeness (QED) is 0.105. The molecule has 10 heteroatoms. The summed E-state index contributed by atoms with van der Waals surface area (Å²) in [4.78, 5) is 26.0. The molecule has 338 valence electrons. The summed E-state index contributed by atoms with van der Waals surface area (Å²) in [6, 6.07) is 37.4. The van der Waals surface area contributed by atoms with Crippen molar-refractivity contribution in [2.75, 3.05) is 40.4 Å². The fourth-order valence-corrected chi connectivity index (χ4v) is 12.1. The molecule has 4 aromatic carbocycles. The maximum atomic E-state index is 7.76. The van der Waals surface area contributed by atoms with Crippen molar-refractivity contribution >= 4 is 21.8 Å². The molecule has 10 atom stereocenters. The fourth-order valence-electron chi connectivity index (χ4n) is 12.1. The van der Waals surface area contributed by atoms with E-state index >= 15 is 0 Å². The SMILES string of the molecule is CCC1CN2CCC1CC2[C@@H](Oc1nc(-c2ccccc2)nc(O[C@@H](c2ccnc3ccc(OC)cc23)[C@@H]2CC3CCN2CC3CC)c1-c1ccccc1)c1ccnc2ccc(OC)cc12. The highest BCUT2D eigenvalue weighted by Gasteiger charge is 2.47. The van der Waals surface area contributed by atoms with Crippen molar-refractivity contribution in [1.29, 1.82) is 0 Å². The average Bonchev–Trinajstić information content (AvgIpc) is 3.39. The van der Waals surface area contributed by atoms with Gasteiger partial charge in [0.1, 0.15) is 29.3 Å². The molecule has 6 aliphatic rings. The highest BCUT2D eigenvalue weighted by molar-refractivity contribution is 5.85. The minimum absolute atomic E-state index is 0.106. The van der Waals surface area contributed by atoms with E-state index in [-0.39, 0.29) is 12.1 Å². The molecule has 0 spiro atoms. The first kappa shape index (κ1) is 42.5. The topological polar surface area (TPSA) is 95.0 Å². The zero-order valence-electron chi connectivity index (χ0n) is 38.6. The molecule has 6 saturated heterocycles. The molecule has 66 heavy (non-hydrogen) atoms. The number of hydrogen-bond acceptors (Lipinski definition) is 10. The molecule has 0 amide bonds. The molecule has 7 unspecified atom stereocenters. The highest BCUT2D eigenvalue weighted by atomic mass is 16.5. The van der Waals surface area contributed by atoms with Crippen LogP contribution in [0.4, 0.5) is 0 Å². The van der Waals surface area contributed by atoms with E-state index in [9.17, 15) is 0 Å². The second-order valence-electron chi connectivity index (χ2n) is 18.9. The van der Waals surface area contributed by atoms with E-state index in [0.717, 1.165) is 100 Å². The van der Waals surface area contributed by atoms with Gasteiger partial charge in [-0.05, 0) is 117 Å². The number of fused-ring (bicyclic) bond motifs is 8. The van der Waals surface area contributed by atoms with E-state index in [1.165, 1.54) is 25.7 Å². The molecule has 13 rings (SSSR count). The summed E-state index contributed by atoms with van der Waals surface area (Å²) in [6.45, 7) is 8.88. The first-order chi connectivity index (χ1) is 32.5. The molecular formula is C56H60N6O4. The van der Waals surface area contributed by atoms with Gasteiger partial charge in [0.25, 0.3) is 0 Å². The first-order valence-corrected chi connectivity index (χ1v) is 24.2. The van der Waals surface area contributed by atoms with Gasteiger partial charge in [0, 0.05) is 52.9 Å². The largest absolute Gasteiger partial charge is 0.497 e. The van der Waals surface area contributed by atoms with Crippen LogP contribution in [-0.2, 0) is 0 Å². The lowest BCUT2D eigenvalue weighted by molar-refractivity contribution is -0.0510. The molecule has 3 aromatic heterocycles. The van der Waals surface area contributed by atoms with Crippen molar-refractivity contribution in [3.05, 3.63) is 133 Å². The van der Waals surface area contributed by atoms with Crippen LogP contribution in [0.5, 0.6) is 23.3 Å². The molecule has 9 heterocycles. The van der Waals surface area contributed by atoms with Crippen molar-refractivity contribution in [3.8, 4) is 45.8 Å². The van der Waals surface area contributed by atoms with Gasteiger partial charge in [0.05, 0.1) is 37.3 Å². The molecule has 0 aliphatic carbocycles. The van der Waals surface area contributed by atoms with Gasteiger partial charge >= 0.3 is 0 Å². The molecule has 10 nitrogen and oxygen atoms in total. The Kier molecular flexibility index (Phi) is 11.8. The summed E-state index contributed by atoms with van der Waals surface area (Å²) in [5.41, 5.74) is 6.48. The van der Waals surface area contributed by atoms with Gasteiger partial charge in [-0.1, -0.05) is 87.4 Å². The van der Waals surface area contributed by atoms with Crippen molar-refractivity contribution in [3.63, 3.8) is 0 Å². The predicted molar refractivity (Wildman–Crippen MR) is 260 cm³/mol. The van der Waals surface area contributed by atoms with Crippen LogP contribution in [0.3, 0.4) is 0 Å². The molecule has 6 fully saturated rings. The smallest absolute Gasteiger partial charge is 0.229 e. The third-order valence-electron chi connectivity index (χ3n) is 15.6. The number of ether oxygens (including phenoxy) is 4. The standard InChI is InChI=1S/C56H60N6O4/c1-5-35-33-61-27-23-39(35)29-49(61)52(43-21-25-57-47-19-17-41(63-3)31-45(43)47)65-55-51(37-13-9-7-10-14-37)56(60-54(59-55)38-15-11-8-12-16-38)66-53(50-30-40-24-28-62(50)34-36(40)6-2)44-22-26-58-48-20-18-42(64-4)32-46(44)48/h7-22,25-26,31-32,35-36,39-40,49-50,52-53H,5-6,23-24,27-30,33-34H2,1-4H3/t35?,36?,39?,40?,49-,50?,52-,53-/m0/s1. The Morgan fingerprint density at radius 1 is 0.576 bits per heavy atom. The summed E-state index contributed by atoms with van der Waals surface area (Å²) in [5.74, 6) is 5.70. The van der Waals surface area contributed by atoms with Gasteiger partial charge in [0.2, 0.25) is 11.8 Å². The average molecular weight is 881 g/mol. The number of hydrogen-bond donors (Lipinski definition) is 0. The monoisotopic (exact) mass is 880 g/mol. The Morgan fingerprint density at radius 2 is 1.05 bits per heavy atom. The zero-order valence-corrected chi connectivity index (χ0v) is 38.6. The summed E-state index contributed by atoms with van der Waals surface area (Å²) in [6.07, 6.45) is 9.90. The first-order valence-electron chi connectivity index (χ1n) is 24.2. The van der Waals surface area contributed by atoms with E-state index < -0.39 is 12.2 Å². The van der Waals surface area contributed by atoms with E-state index in [2.05, 4.69) is 90.4 Å². The maximum absolute atomic E-state index is 7.76. The van der Waals surface area contributed by atoms with E-state index in [1.807, 2.05) is 54.9 Å². The van der Waals surface area contributed by atoms with Crippen LogP contribution in [0.2, 0.25) is 0 Å². The van der Waals surface area contributed by atoms with Crippen molar-refractivity contribution in [1.82, 2.24) is 29.7 Å². The summed E-state index contributed by atoms with van der Waals surface area (Å²) < 4.78 is 27.2. The Balaban J connectivity index is 1.13. The molecule has 0 radical (unpaired) electrons. The summed E-state index contributed by atoms with van der Waals surface area (Å²) in [5, 5.41) is 2.02. The zero-order chi connectivity index (χ0) is 44.7. The van der Waals surface area contributed by atoms with Crippen molar-refractivity contribution < 1.29 is 18.9 Å². The Bertz CT molecular complexity index is 2680. The molecule has 7 aromatic rings. The van der Waals surface area contributed by atoms with Gasteiger partial charge in [-0.3, -0.25) is 19.8 Å². The second kappa shape index (κ2) is 18.3. The Labute approximate surface area is 388 Å². The minimum Gasteiger partial charge on any atom is -0.497 e. The van der Waals surface area contributed by atoms with Gasteiger partial charge in [-0.15, -0.1) is 0 Å². The number of nitrogens with zero attached hydrogens (tertiary/aromatic N) is 6. The lowest BCUT2D eigenvalue weighted by Gasteiger charge is -2.52. The third kappa shape index (κ3) is 7.91. The number of pyridine rings is 2. The molecule has 6 aliphatic heterocycles. The molecular weight excluding hydrogens is 821 g/mol. The summed E-state index contributed by atoms with van der Waals surface area (Å²) in [7, 11) is 3.44. The molecule has 0 N–H and O–H groups in total. The van der Waals surface area contributed by atoms with Crippen LogP contribution in [0, 0.1) is 23.7 Å². The number of benzene rings is 4. The lowest BCUT2D eigenvalue weighted by atomic mass is 9.72. The van der Waals surface area contributed by atoms with E-state index in [1.54, 1.807) is 14.2 Å². The summed E-state index contributed by atoms with van der Waals surface area (Å²) >= 11 is 0. The number of aromatic nitrogens is 4. The third-order valence-corrected chi connectivity index (χ3v) is 15.6. The van der Waals surface area contributed by atoms with Gasteiger partial charge in [-0.2, -0.15) is 9.97 Å². The van der Waals surface area contributed by atoms with Gasteiger partial charge in [-0.25, -0.2) is 0 Å². The van der Waals surface area contributed by atoms with E-state index in [0.29, 0.717) is 41.3 Å². The normalized spacial score (nSPS) is 25.4. The van der Waals surface area contributed by atoms with Crippen LogP contribution < -0.4 is 18.9 Å². The van der Waals surface area contributed by atoms with Gasteiger partial charge in [0.15, 0.2) is 5.82 Å². The highest BCUT2D eigenvalue weighted by Crippen LogP contribution is 2.50. The van der Waals surface area contributed by atoms with Crippen molar-refractivity contribution in [2.45, 2.75) is 76.7 Å². The minimum atomic E-state index is -0.393. The van der Waals surface area contributed by atoms with Crippen LogP contribution in [0.25, 0.3) is 44.3 Å². The number of piperidine rings is 6. The van der Waals surface area contributed by atoms with E-state index in [4.69, 9.17) is 38.9 Å². The Hall–Kier alpha value is -6.10. The molecule has 0 saturated carbocycles. The Morgan fingerprint density at radius 3 is 1.47 bits per heavy atom. The predicted octanol–water partition coefficient (Wildman–Crippen LogP) is 11.4.